The van der Waals surface area contributed by atoms with Gasteiger partial charge in [0.05, 0.1) is 4.34 Å². The van der Waals surface area contributed by atoms with Gasteiger partial charge in [0.2, 0.25) is 0 Å². The van der Waals surface area contributed by atoms with E-state index in [0.29, 0.717) is 6.04 Å². The van der Waals surface area contributed by atoms with Crippen molar-refractivity contribution in [1.82, 2.24) is 5.32 Å². The fraction of sp³-hybridized carbons (Fsp3) is 0.692. The third-order valence-electron chi connectivity index (χ3n) is 3.37. The van der Waals surface area contributed by atoms with E-state index in [0.717, 1.165) is 22.7 Å². The summed E-state index contributed by atoms with van der Waals surface area (Å²) in [6.45, 7) is 5.71. The van der Waals surface area contributed by atoms with Crippen LogP contribution in [0.1, 0.15) is 38.0 Å². The topological polar surface area (TPSA) is 12.0 Å². The highest BCUT2D eigenvalue weighted by Gasteiger charge is 2.23. The molecular weight excluding hydrogens is 238 g/mol. The molecule has 1 fully saturated rings. The van der Waals surface area contributed by atoms with Crippen molar-refractivity contribution in [1.29, 1.82) is 0 Å². The van der Waals surface area contributed by atoms with Crippen LogP contribution in [-0.2, 0) is 6.54 Å². The lowest BCUT2D eigenvalue weighted by Crippen LogP contribution is -2.35. The van der Waals surface area contributed by atoms with E-state index in [1.54, 1.807) is 11.3 Å². The highest BCUT2D eigenvalue weighted by atomic mass is 35.5. The summed E-state index contributed by atoms with van der Waals surface area (Å²) in [5.41, 5.74) is 0. The van der Waals surface area contributed by atoms with Gasteiger partial charge in [-0.25, -0.2) is 0 Å². The summed E-state index contributed by atoms with van der Waals surface area (Å²) in [6.07, 6.45) is 4.04. The molecule has 1 aromatic heterocycles. The summed E-state index contributed by atoms with van der Waals surface area (Å²) < 4.78 is 0.891. The molecule has 3 heteroatoms. The molecule has 1 saturated carbocycles. The molecule has 1 N–H and O–H groups in total. The van der Waals surface area contributed by atoms with Crippen LogP contribution in [0.4, 0.5) is 0 Å². The minimum atomic E-state index is 0.694. The van der Waals surface area contributed by atoms with Crippen molar-refractivity contribution < 1.29 is 0 Å². The third kappa shape index (κ3) is 3.47. The average molecular weight is 258 g/mol. The highest BCUT2D eigenvalue weighted by molar-refractivity contribution is 7.16. The van der Waals surface area contributed by atoms with Gasteiger partial charge in [0.25, 0.3) is 0 Å². The van der Waals surface area contributed by atoms with Crippen LogP contribution in [0.3, 0.4) is 0 Å². The molecule has 1 nitrogen and oxygen atoms in total. The van der Waals surface area contributed by atoms with E-state index in [4.69, 9.17) is 11.6 Å². The normalized spacial score (nSPS) is 30.6. The van der Waals surface area contributed by atoms with Crippen LogP contribution in [0.2, 0.25) is 4.34 Å². The minimum Gasteiger partial charge on any atom is -0.309 e. The van der Waals surface area contributed by atoms with Crippen LogP contribution in [0.15, 0.2) is 12.1 Å². The van der Waals surface area contributed by atoms with Gasteiger partial charge in [-0.2, -0.15) is 0 Å². The van der Waals surface area contributed by atoms with Crippen LogP contribution < -0.4 is 5.32 Å². The SMILES string of the molecule is CC1CC(C)CC(NCc2ccc(Cl)s2)C1. The smallest absolute Gasteiger partial charge is 0.0931 e. The molecule has 2 unspecified atom stereocenters. The van der Waals surface area contributed by atoms with Gasteiger partial charge < -0.3 is 5.32 Å². The molecule has 1 aliphatic rings. The fourth-order valence-corrected chi connectivity index (χ4v) is 3.84. The number of hydrogen-bond donors (Lipinski definition) is 1. The quantitative estimate of drug-likeness (QED) is 0.851. The van der Waals surface area contributed by atoms with Gasteiger partial charge in [0.1, 0.15) is 0 Å². The Morgan fingerprint density at radius 3 is 2.50 bits per heavy atom. The lowest BCUT2D eigenvalue weighted by Gasteiger charge is -2.32. The van der Waals surface area contributed by atoms with Gasteiger partial charge in [0.15, 0.2) is 0 Å². The molecule has 0 spiro atoms. The molecule has 1 aromatic rings. The molecule has 2 rings (SSSR count). The maximum atomic E-state index is 5.92. The molecule has 0 bridgehead atoms. The highest BCUT2D eigenvalue weighted by Crippen LogP contribution is 2.29. The maximum Gasteiger partial charge on any atom is 0.0931 e. The first kappa shape index (κ1) is 12.4. The standard InChI is InChI=1S/C13H20ClNS/c1-9-5-10(2)7-11(6-9)15-8-12-3-4-13(14)16-12/h3-4,9-11,15H,5-8H2,1-2H3. The van der Waals surface area contributed by atoms with Gasteiger partial charge in [-0.1, -0.05) is 25.4 Å². The Morgan fingerprint density at radius 1 is 1.25 bits per heavy atom. The Bertz CT molecular complexity index is 326. The number of nitrogens with one attached hydrogen (secondary N) is 1. The zero-order chi connectivity index (χ0) is 11.5. The van der Waals surface area contributed by atoms with Gasteiger partial charge >= 0.3 is 0 Å². The predicted molar refractivity (Wildman–Crippen MR) is 72.1 cm³/mol. The summed E-state index contributed by atoms with van der Waals surface area (Å²) in [6, 6.07) is 4.80. The van der Waals surface area contributed by atoms with Gasteiger partial charge in [-0.3, -0.25) is 0 Å². The summed E-state index contributed by atoms with van der Waals surface area (Å²) >= 11 is 7.60. The monoisotopic (exact) mass is 257 g/mol. The van der Waals surface area contributed by atoms with Crippen molar-refractivity contribution >= 4 is 22.9 Å². The molecule has 0 radical (unpaired) electrons. The van der Waals surface area contributed by atoms with Crippen molar-refractivity contribution in [2.45, 2.75) is 45.7 Å². The van der Waals surface area contributed by atoms with E-state index >= 15 is 0 Å². The van der Waals surface area contributed by atoms with Crippen molar-refractivity contribution in [3.8, 4) is 0 Å². The van der Waals surface area contributed by atoms with Crippen molar-refractivity contribution in [2.75, 3.05) is 0 Å². The zero-order valence-electron chi connectivity index (χ0n) is 10.0. The maximum absolute atomic E-state index is 5.92. The summed E-state index contributed by atoms with van der Waals surface area (Å²) in [4.78, 5) is 1.34. The minimum absolute atomic E-state index is 0.694. The molecule has 1 aliphatic carbocycles. The van der Waals surface area contributed by atoms with E-state index in [9.17, 15) is 0 Å². The van der Waals surface area contributed by atoms with Gasteiger partial charge in [-0.15, -0.1) is 11.3 Å². The van der Waals surface area contributed by atoms with Crippen LogP contribution in [0.25, 0.3) is 0 Å². The molecule has 90 valence electrons. The second kappa shape index (κ2) is 5.52. The summed E-state index contributed by atoms with van der Waals surface area (Å²) in [5, 5.41) is 3.66. The molecule has 16 heavy (non-hydrogen) atoms. The predicted octanol–water partition coefficient (Wildman–Crippen LogP) is 4.32. The summed E-state index contributed by atoms with van der Waals surface area (Å²) in [5.74, 6) is 1.74. The van der Waals surface area contributed by atoms with E-state index in [1.165, 1.54) is 24.1 Å². The van der Waals surface area contributed by atoms with Gasteiger partial charge in [0, 0.05) is 17.5 Å². The molecule has 2 atom stereocenters. The zero-order valence-corrected chi connectivity index (χ0v) is 11.6. The number of rotatable bonds is 3. The first-order valence-electron chi connectivity index (χ1n) is 6.11. The van der Waals surface area contributed by atoms with E-state index < -0.39 is 0 Å². The number of thiophene rings is 1. The first-order chi connectivity index (χ1) is 7.63. The lowest BCUT2D eigenvalue weighted by atomic mass is 9.80. The largest absolute Gasteiger partial charge is 0.309 e. The average Bonchev–Trinajstić information content (AvgIpc) is 2.60. The van der Waals surface area contributed by atoms with Crippen molar-refractivity contribution in [2.24, 2.45) is 11.8 Å². The van der Waals surface area contributed by atoms with E-state index in [-0.39, 0.29) is 0 Å². The van der Waals surface area contributed by atoms with Crippen molar-refractivity contribution in [3.05, 3.63) is 21.3 Å². The van der Waals surface area contributed by atoms with E-state index in [1.807, 2.05) is 6.07 Å². The van der Waals surface area contributed by atoms with Crippen LogP contribution in [0, 0.1) is 11.8 Å². The Balaban J connectivity index is 1.81. The number of hydrogen-bond acceptors (Lipinski definition) is 2. The second-order valence-electron chi connectivity index (χ2n) is 5.20. The molecular formula is C13H20ClNS. The summed E-state index contributed by atoms with van der Waals surface area (Å²) in [7, 11) is 0. The van der Waals surface area contributed by atoms with Gasteiger partial charge in [-0.05, 0) is 43.2 Å². The van der Waals surface area contributed by atoms with Crippen molar-refractivity contribution in [3.63, 3.8) is 0 Å². The Morgan fingerprint density at radius 2 is 1.94 bits per heavy atom. The van der Waals surface area contributed by atoms with E-state index in [2.05, 4.69) is 25.2 Å². The molecule has 0 amide bonds. The number of halogens is 1. The molecule has 1 heterocycles. The fourth-order valence-electron chi connectivity index (χ4n) is 2.81. The molecule has 0 saturated heterocycles. The van der Waals surface area contributed by atoms with Crippen LogP contribution in [-0.4, -0.2) is 6.04 Å². The lowest BCUT2D eigenvalue weighted by molar-refractivity contribution is 0.238. The third-order valence-corrected chi connectivity index (χ3v) is 4.60. The molecule has 0 aliphatic heterocycles. The van der Waals surface area contributed by atoms with Crippen LogP contribution in [0.5, 0.6) is 0 Å². The second-order valence-corrected chi connectivity index (χ2v) is 7.00. The first-order valence-corrected chi connectivity index (χ1v) is 7.30. The molecule has 0 aromatic carbocycles. The Hall–Kier alpha value is -0.0500. The Kier molecular flexibility index (Phi) is 4.28. The Labute approximate surface area is 107 Å². The van der Waals surface area contributed by atoms with Crippen LogP contribution >= 0.6 is 22.9 Å².